The van der Waals surface area contributed by atoms with Crippen LogP contribution in [0.4, 0.5) is 15.9 Å². The number of benzene rings is 2. The lowest BCUT2D eigenvalue weighted by atomic mass is 10.0. The van der Waals surface area contributed by atoms with Gasteiger partial charge in [-0.2, -0.15) is 0 Å². The lowest BCUT2D eigenvalue weighted by molar-refractivity contribution is 0.221. The highest BCUT2D eigenvalue weighted by Gasteiger charge is 2.14. The molecule has 0 bridgehead atoms. The molecular formula is C25H29FN6O. The first-order valence-electron chi connectivity index (χ1n) is 11.0. The number of ether oxygens (including phenoxy) is 1. The van der Waals surface area contributed by atoms with Crippen molar-refractivity contribution in [1.82, 2.24) is 15.3 Å². The molecule has 1 saturated heterocycles. The third-order valence-electron chi connectivity index (χ3n) is 5.84. The molecule has 0 unspecified atom stereocenters. The van der Waals surface area contributed by atoms with Crippen LogP contribution in [0.1, 0.15) is 30.4 Å². The SMILES string of the molecule is COc1c(F)cccc1N=C(NN)c1cc(-c2ccc(CN3CCCCC3)cc2)cnc1N. The Bertz CT molecular complexity index is 1130. The van der Waals surface area contributed by atoms with Gasteiger partial charge < -0.3 is 15.9 Å². The van der Waals surface area contributed by atoms with Gasteiger partial charge in [0.2, 0.25) is 0 Å². The van der Waals surface area contributed by atoms with Gasteiger partial charge in [-0.3, -0.25) is 4.90 Å². The third-order valence-corrected chi connectivity index (χ3v) is 5.84. The zero-order chi connectivity index (χ0) is 23.2. The van der Waals surface area contributed by atoms with E-state index in [0.717, 1.165) is 30.8 Å². The first kappa shape index (κ1) is 22.7. The predicted molar refractivity (Wildman–Crippen MR) is 130 cm³/mol. The summed E-state index contributed by atoms with van der Waals surface area (Å²) in [5.41, 5.74) is 12.7. The summed E-state index contributed by atoms with van der Waals surface area (Å²) >= 11 is 0. The van der Waals surface area contributed by atoms with Crippen LogP contribution < -0.4 is 21.7 Å². The van der Waals surface area contributed by atoms with Crippen LogP contribution in [0.25, 0.3) is 11.1 Å². The molecule has 4 rings (SSSR count). The molecule has 1 aliphatic heterocycles. The number of nitrogens with one attached hydrogen (secondary N) is 1. The molecule has 0 amide bonds. The van der Waals surface area contributed by atoms with Crippen molar-refractivity contribution in [2.75, 3.05) is 25.9 Å². The summed E-state index contributed by atoms with van der Waals surface area (Å²) in [5, 5.41) is 0. The van der Waals surface area contributed by atoms with Crippen LogP contribution in [0.15, 0.2) is 59.7 Å². The van der Waals surface area contributed by atoms with Crippen LogP contribution in [0, 0.1) is 5.82 Å². The van der Waals surface area contributed by atoms with Crippen LogP contribution in [-0.2, 0) is 6.54 Å². The van der Waals surface area contributed by atoms with Crippen molar-refractivity contribution in [2.24, 2.45) is 10.8 Å². The standard InChI is InChI=1S/C25H29FN6O/c1-33-23-21(26)6-5-7-22(23)30-25(31-28)20-14-19(15-29-24(20)27)18-10-8-17(9-11-18)16-32-12-3-2-4-13-32/h5-11,14-15H,2-4,12-13,16,28H2,1H3,(H2,27,29)(H,30,31). The number of aromatic nitrogens is 1. The number of rotatable bonds is 6. The number of likely N-dealkylation sites (tertiary alicyclic amines) is 1. The quantitative estimate of drug-likeness (QED) is 0.228. The summed E-state index contributed by atoms with van der Waals surface area (Å²) in [6.07, 6.45) is 5.60. The second kappa shape index (κ2) is 10.4. The predicted octanol–water partition coefficient (Wildman–Crippen LogP) is 4.01. The third kappa shape index (κ3) is 5.30. The zero-order valence-electron chi connectivity index (χ0n) is 18.7. The van der Waals surface area contributed by atoms with Gasteiger partial charge in [-0.15, -0.1) is 0 Å². The average Bonchev–Trinajstić information content (AvgIpc) is 2.84. The molecule has 0 radical (unpaired) electrons. The second-order valence-electron chi connectivity index (χ2n) is 8.09. The highest BCUT2D eigenvalue weighted by atomic mass is 19.1. The number of nitrogen functional groups attached to an aromatic ring is 1. The molecule has 0 aliphatic carbocycles. The molecule has 0 atom stereocenters. The van der Waals surface area contributed by atoms with Crippen molar-refractivity contribution in [3.8, 4) is 16.9 Å². The number of para-hydroxylation sites is 1. The number of amidine groups is 1. The van der Waals surface area contributed by atoms with E-state index in [9.17, 15) is 4.39 Å². The summed E-state index contributed by atoms with van der Waals surface area (Å²) < 4.78 is 19.2. The number of halogens is 1. The van der Waals surface area contributed by atoms with E-state index in [-0.39, 0.29) is 23.1 Å². The smallest absolute Gasteiger partial charge is 0.180 e. The molecule has 0 saturated carbocycles. The molecule has 2 aromatic carbocycles. The van der Waals surface area contributed by atoms with Gasteiger partial charge >= 0.3 is 0 Å². The van der Waals surface area contributed by atoms with Gasteiger partial charge in [0, 0.05) is 18.3 Å². The summed E-state index contributed by atoms with van der Waals surface area (Å²) in [5.74, 6) is 5.77. The highest BCUT2D eigenvalue weighted by molar-refractivity contribution is 6.04. The first-order valence-corrected chi connectivity index (χ1v) is 11.0. The number of pyridine rings is 1. The number of hydrogen-bond acceptors (Lipinski definition) is 6. The molecular weight excluding hydrogens is 419 g/mol. The van der Waals surface area contributed by atoms with E-state index in [1.165, 1.54) is 38.0 Å². The number of methoxy groups -OCH3 is 1. The average molecular weight is 449 g/mol. The lowest BCUT2D eigenvalue weighted by Gasteiger charge is -2.26. The van der Waals surface area contributed by atoms with Gasteiger partial charge in [-0.1, -0.05) is 36.8 Å². The van der Waals surface area contributed by atoms with E-state index in [0.29, 0.717) is 5.56 Å². The fourth-order valence-corrected chi connectivity index (χ4v) is 4.08. The Morgan fingerprint density at radius 2 is 1.88 bits per heavy atom. The second-order valence-corrected chi connectivity index (χ2v) is 8.09. The maximum absolute atomic E-state index is 14.1. The highest BCUT2D eigenvalue weighted by Crippen LogP contribution is 2.31. The molecule has 2 heterocycles. The normalized spacial score (nSPS) is 14.8. The molecule has 3 aromatic rings. The first-order chi connectivity index (χ1) is 16.1. The Labute approximate surface area is 193 Å². The molecule has 8 heteroatoms. The van der Waals surface area contributed by atoms with Crippen molar-refractivity contribution >= 4 is 17.3 Å². The Morgan fingerprint density at radius 3 is 2.58 bits per heavy atom. The number of nitrogens with zero attached hydrogens (tertiary/aromatic N) is 3. The number of hydrogen-bond donors (Lipinski definition) is 3. The fraction of sp³-hybridized carbons (Fsp3) is 0.280. The van der Waals surface area contributed by atoms with Crippen molar-refractivity contribution < 1.29 is 9.13 Å². The fourth-order valence-electron chi connectivity index (χ4n) is 4.08. The Balaban J connectivity index is 1.61. The maximum Gasteiger partial charge on any atom is 0.180 e. The summed E-state index contributed by atoms with van der Waals surface area (Å²) in [6, 6.07) is 14.8. The van der Waals surface area contributed by atoms with Crippen molar-refractivity contribution in [1.29, 1.82) is 0 Å². The minimum absolute atomic E-state index is 0.0252. The zero-order valence-corrected chi connectivity index (χ0v) is 18.7. The Hall–Kier alpha value is -3.49. The van der Waals surface area contributed by atoms with E-state index in [4.69, 9.17) is 16.3 Å². The van der Waals surface area contributed by atoms with Gasteiger partial charge in [0.15, 0.2) is 17.4 Å². The van der Waals surface area contributed by atoms with Gasteiger partial charge in [0.25, 0.3) is 0 Å². The summed E-state index contributed by atoms with van der Waals surface area (Å²) in [4.78, 5) is 11.3. The van der Waals surface area contributed by atoms with Gasteiger partial charge in [-0.25, -0.2) is 20.2 Å². The largest absolute Gasteiger partial charge is 0.492 e. The van der Waals surface area contributed by atoms with E-state index >= 15 is 0 Å². The van der Waals surface area contributed by atoms with E-state index in [1.807, 2.05) is 6.07 Å². The van der Waals surface area contributed by atoms with Crippen LogP contribution in [0.3, 0.4) is 0 Å². The minimum atomic E-state index is -0.514. The van der Waals surface area contributed by atoms with Crippen LogP contribution in [0.5, 0.6) is 5.75 Å². The van der Waals surface area contributed by atoms with Crippen LogP contribution in [0.2, 0.25) is 0 Å². The van der Waals surface area contributed by atoms with Gasteiger partial charge in [0.1, 0.15) is 11.5 Å². The van der Waals surface area contributed by atoms with Gasteiger partial charge in [0.05, 0.1) is 12.7 Å². The van der Waals surface area contributed by atoms with Crippen molar-refractivity contribution in [2.45, 2.75) is 25.8 Å². The number of nitrogens with two attached hydrogens (primary N) is 2. The maximum atomic E-state index is 14.1. The van der Waals surface area contributed by atoms with E-state index in [1.54, 1.807) is 18.3 Å². The molecule has 7 nitrogen and oxygen atoms in total. The Morgan fingerprint density at radius 1 is 1.12 bits per heavy atom. The number of aliphatic imine (C=N–C) groups is 1. The molecule has 1 aliphatic rings. The molecule has 172 valence electrons. The number of hydrazine groups is 1. The summed E-state index contributed by atoms with van der Waals surface area (Å²) in [7, 11) is 1.39. The molecule has 1 aromatic heterocycles. The topological polar surface area (TPSA) is 102 Å². The van der Waals surface area contributed by atoms with Crippen LogP contribution >= 0.6 is 0 Å². The summed E-state index contributed by atoms with van der Waals surface area (Å²) in [6.45, 7) is 3.30. The van der Waals surface area contributed by atoms with Crippen LogP contribution in [-0.4, -0.2) is 35.9 Å². The number of anilines is 1. The van der Waals surface area contributed by atoms with E-state index < -0.39 is 5.82 Å². The molecule has 1 fully saturated rings. The monoisotopic (exact) mass is 448 g/mol. The Kier molecular flexibility index (Phi) is 7.16. The molecule has 33 heavy (non-hydrogen) atoms. The lowest BCUT2D eigenvalue weighted by Crippen LogP contribution is -2.31. The van der Waals surface area contributed by atoms with Gasteiger partial charge in [-0.05, 0) is 55.3 Å². The minimum Gasteiger partial charge on any atom is -0.492 e. The van der Waals surface area contributed by atoms with E-state index in [2.05, 4.69) is 44.6 Å². The van der Waals surface area contributed by atoms with Crippen molar-refractivity contribution in [3.05, 3.63) is 71.7 Å². The molecule has 5 N–H and O–H groups in total. The number of piperidine rings is 1. The van der Waals surface area contributed by atoms with Crippen molar-refractivity contribution in [3.63, 3.8) is 0 Å². The molecule has 0 spiro atoms.